The highest BCUT2D eigenvalue weighted by Gasteiger charge is 2.14. The SMILES string of the molecule is Cc1ccc(Cl)c(-c2ccc(O)cc2)c1-c1ccc(O)cc1. The lowest BCUT2D eigenvalue weighted by atomic mass is 9.91. The van der Waals surface area contributed by atoms with Crippen LogP contribution in [0.15, 0.2) is 60.7 Å². The molecule has 0 aromatic heterocycles. The lowest BCUT2D eigenvalue weighted by Gasteiger charge is -2.15. The number of halogens is 1. The molecule has 3 aromatic rings. The molecule has 0 saturated heterocycles. The summed E-state index contributed by atoms with van der Waals surface area (Å²) in [7, 11) is 0. The van der Waals surface area contributed by atoms with Gasteiger partial charge in [-0.3, -0.25) is 0 Å². The number of aromatic hydroxyl groups is 2. The molecule has 0 unspecified atom stereocenters. The minimum atomic E-state index is 0.221. The molecule has 0 aliphatic carbocycles. The molecule has 0 aliphatic rings. The van der Waals surface area contributed by atoms with E-state index in [0.717, 1.165) is 27.8 Å². The Morgan fingerprint density at radius 2 is 1.09 bits per heavy atom. The Balaban J connectivity index is 2.27. The van der Waals surface area contributed by atoms with Crippen LogP contribution in [0.2, 0.25) is 5.02 Å². The third kappa shape index (κ3) is 2.66. The molecule has 0 atom stereocenters. The Bertz CT molecular complexity index is 736. The van der Waals surface area contributed by atoms with Crippen molar-refractivity contribution in [2.45, 2.75) is 6.92 Å². The van der Waals surface area contributed by atoms with Crippen molar-refractivity contribution in [1.82, 2.24) is 0 Å². The highest BCUT2D eigenvalue weighted by atomic mass is 35.5. The van der Waals surface area contributed by atoms with Crippen LogP contribution in [0.3, 0.4) is 0 Å². The molecule has 0 amide bonds. The Kier molecular flexibility index (Phi) is 3.78. The van der Waals surface area contributed by atoms with E-state index in [4.69, 9.17) is 11.6 Å². The Morgan fingerprint density at radius 1 is 0.636 bits per heavy atom. The second-order valence-corrected chi connectivity index (χ2v) is 5.62. The maximum atomic E-state index is 9.49. The van der Waals surface area contributed by atoms with Gasteiger partial charge in [0.2, 0.25) is 0 Å². The van der Waals surface area contributed by atoms with Crippen LogP contribution in [-0.2, 0) is 0 Å². The fourth-order valence-corrected chi connectivity index (χ4v) is 2.86. The molecule has 22 heavy (non-hydrogen) atoms. The van der Waals surface area contributed by atoms with E-state index < -0.39 is 0 Å². The minimum Gasteiger partial charge on any atom is -0.508 e. The van der Waals surface area contributed by atoms with Gasteiger partial charge in [-0.2, -0.15) is 0 Å². The molecule has 0 fully saturated rings. The highest BCUT2D eigenvalue weighted by Crippen LogP contribution is 2.40. The van der Waals surface area contributed by atoms with Crippen LogP contribution >= 0.6 is 11.6 Å². The van der Waals surface area contributed by atoms with Gasteiger partial charge in [-0.15, -0.1) is 0 Å². The summed E-state index contributed by atoms with van der Waals surface area (Å²) < 4.78 is 0. The van der Waals surface area contributed by atoms with E-state index in [1.165, 1.54) is 0 Å². The van der Waals surface area contributed by atoms with Gasteiger partial charge in [0.05, 0.1) is 0 Å². The summed E-state index contributed by atoms with van der Waals surface area (Å²) in [6.45, 7) is 2.03. The number of phenolic OH excluding ortho intramolecular Hbond substituents is 2. The minimum absolute atomic E-state index is 0.221. The van der Waals surface area contributed by atoms with E-state index >= 15 is 0 Å². The van der Waals surface area contributed by atoms with E-state index in [-0.39, 0.29) is 11.5 Å². The van der Waals surface area contributed by atoms with E-state index in [1.54, 1.807) is 24.3 Å². The Labute approximate surface area is 134 Å². The summed E-state index contributed by atoms with van der Waals surface area (Å²) in [5.41, 5.74) is 4.97. The van der Waals surface area contributed by atoms with Crippen LogP contribution in [-0.4, -0.2) is 10.2 Å². The molecule has 110 valence electrons. The average Bonchev–Trinajstić information content (AvgIpc) is 2.51. The van der Waals surface area contributed by atoms with Gasteiger partial charge < -0.3 is 10.2 Å². The van der Waals surface area contributed by atoms with Crippen LogP contribution in [0, 0.1) is 6.92 Å². The van der Waals surface area contributed by atoms with Crippen molar-refractivity contribution in [2.75, 3.05) is 0 Å². The largest absolute Gasteiger partial charge is 0.508 e. The van der Waals surface area contributed by atoms with Gasteiger partial charge in [-0.05, 0) is 59.5 Å². The average molecular weight is 311 g/mol. The fraction of sp³-hybridized carbons (Fsp3) is 0.0526. The summed E-state index contributed by atoms with van der Waals surface area (Å²) in [5.74, 6) is 0.452. The predicted molar refractivity (Wildman–Crippen MR) is 90.4 cm³/mol. The summed E-state index contributed by atoms with van der Waals surface area (Å²) >= 11 is 6.44. The van der Waals surface area contributed by atoms with Gasteiger partial charge in [0.1, 0.15) is 11.5 Å². The predicted octanol–water partition coefficient (Wildman–Crippen LogP) is 5.39. The van der Waals surface area contributed by atoms with E-state index in [1.807, 2.05) is 43.3 Å². The molecule has 3 heteroatoms. The van der Waals surface area contributed by atoms with Crippen LogP contribution in [0.4, 0.5) is 0 Å². The van der Waals surface area contributed by atoms with Gasteiger partial charge in [-0.25, -0.2) is 0 Å². The molecule has 3 rings (SSSR count). The zero-order valence-electron chi connectivity index (χ0n) is 12.0. The number of aryl methyl sites for hydroxylation is 1. The van der Waals surface area contributed by atoms with Crippen molar-refractivity contribution in [3.8, 4) is 33.8 Å². The van der Waals surface area contributed by atoms with E-state index in [0.29, 0.717) is 5.02 Å². The monoisotopic (exact) mass is 310 g/mol. The van der Waals surface area contributed by atoms with Crippen LogP contribution in [0.25, 0.3) is 22.3 Å². The van der Waals surface area contributed by atoms with Crippen molar-refractivity contribution < 1.29 is 10.2 Å². The number of hydrogen-bond donors (Lipinski definition) is 2. The molecule has 0 bridgehead atoms. The standard InChI is InChI=1S/C19H15ClO2/c1-12-2-11-17(20)19(14-5-9-16(22)10-6-14)18(12)13-3-7-15(21)8-4-13/h2-11,21-22H,1H3. The second-order valence-electron chi connectivity index (χ2n) is 5.21. The molecule has 0 radical (unpaired) electrons. The first-order valence-corrected chi connectivity index (χ1v) is 7.32. The van der Waals surface area contributed by atoms with Crippen molar-refractivity contribution in [2.24, 2.45) is 0 Å². The van der Waals surface area contributed by atoms with Gasteiger partial charge in [-0.1, -0.05) is 41.9 Å². The molecule has 0 heterocycles. The Morgan fingerprint density at radius 3 is 1.59 bits per heavy atom. The zero-order chi connectivity index (χ0) is 15.7. The third-order valence-corrected chi connectivity index (χ3v) is 3.99. The Hall–Kier alpha value is -2.45. The molecular formula is C19H15ClO2. The van der Waals surface area contributed by atoms with Gasteiger partial charge in [0, 0.05) is 10.6 Å². The van der Waals surface area contributed by atoms with E-state index in [2.05, 4.69) is 0 Å². The third-order valence-electron chi connectivity index (χ3n) is 3.67. The van der Waals surface area contributed by atoms with Crippen molar-refractivity contribution in [3.05, 3.63) is 71.2 Å². The van der Waals surface area contributed by atoms with E-state index in [9.17, 15) is 10.2 Å². The van der Waals surface area contributed by atoms with Crippen LogP contribution in [0.1, 0.15) is 5.56 Å². The maximum absolute atomic E-state index is 9.49. The van der Waals surface area contributed by atoms with Crippen molar-refractivity contribution in [3.63, 3.8) is 0 Å². The summed E-state index contributed by atoms with van der Waals surface area (Å²) in [4.78, 5) is 0. The van der Waals surface area contributed by atoms with Gasteiger partial charge >= 0.3 is 0 Å². The number of hydrogen-bond acceptors (Lipinski definition) is 2. The number of phenols is 2. The first-order valence-electron chi connectivity index (χ1n) is 6.94. The van der Waals surface area contributed by atoms with Crippen molar-refractivity contribution in [1.29, 1.82) is 0 Å². The topological polar surface area (TPSA) is 40.5 Å². The smallest absolute Gasteiger partial charge is 0.115 e. The van der Waals surface area contributed by atoms with Gasteiger partial charge in [0.15, 0.2) is 0 Å². The zero-order valence-corrected chi connectivity index (χ0v) is 12.8. The molecular weight excluding hydrogens is 296 g/mol. The highest BCUT2D eigenvalue weighted by molar-refractivity contribution is 6.34. The normalized spacial score (nSPS) is 10.6. The molecule has 2 N–H and O–H groups in total. The number of rotatable bonds is 2. The van der Waals surface area contributed by atoms with Crippen LogP contribution < -0.4 is 0 Å². The first kappa shape index (κ1) is 14.5. The van der Waals surface area contributed by atoms with Gasteiger partial charge in [0.25, 0.3) is 0 Å². The molecule has 2 nitrogen and oxygen atoms in total. The second kappa shape index (κ2) is 5.74. The molecule has 0 spiro atoms. The lowest BCUT2D eigenvalue weighted by Crippen LogP contribution is -1.90. The lowest BCUT2D eigenvalue weighted by molar-refractivity contribution is 0.475. The van der Waals surface area contributed by atoms with Crippen molar-refractivity contribution >= 4 is 11.6 Å². The van der Waals surface area contributed by atoms with Crippen LogP contribution in [0.5, 0.6) is 11.5 Å². The maximum Gasteiger partial charge on any atom is 0.115 e. The molecule has 3 aromatic carbocycles. The first-order chi connectivity index (χ1) is 10.6. The summed E-state index contributed by atoms with van der Waals surface area (Å²) in [6, 6.07) is 17.9. The quantitative estimate of drug-likeness (QED) is 0.666. The fourth-order valence-electron chi connectivity index (χ4n) is 2.59. The molecule has 0 aliphatic heterocycles. The summed E-state index contributed by atoms with van der Waals surface area (Å²) in [6.07, 6.45) is 0. The summed E-state index contributed by atoms with van der Waals surface area (Å²) in [5, 5.41) is 19.6. The molecule has 0 saturated carbocycles. The number of benzene rings is 3.